The van der Waals surface area contributed by atoms with E-state index in [4.69, 9.17) is 4.74 Å². The second kappa shape index (κ2) is 8.37. The summed E-state index contributed by atoms with van der Waals surface area (Å²) in [6.45, 7) is 2.83. The molecule has 1 atom stereocenters. The molecular formula is C14H22N2O3. The van der Waals surface area contributed by atoms with E-state index >= 15 is 0 Å². The normalized spacial score (nSPS) is 11.7. The molecule has 1 rings (SSSR count). The molecule has 0 heterocycles. The molecular weight excluding hydrogens is 244 g/mol. The molecule has 0 aliphatic heterocycles. The second-order valence-electron chi connectivity index (χ2n) is 4.31. The number of amides is 2. The fourth-order valence-electron chi connectivity index (χ4n) is 1.58. The van der Waals surface area contributed by atoms with E-state index in [1.54, 1.807) is 7.11 Å². The molecule has 0 saturated heterocycles. The number of methoxy groups -OCH3 is 1. The van der Waals surface area contributed by atoms with Crippen LogP contribution in [0.5, 0.6) is 5.75 Å². The average Bonchev–Trinajstić information content (AvgIpc) is 2.45. The van der Waals surface area contributed by atoms with E-state index in [1.165, 1.54) is 0 Å². The van der Waals surface area contributed by atoms with Crippen molar-refractivity contribution in [2.24, 2.45) is 0 Å². The van der Waals surface area contributed by atoms with Gasteiger partial charge in [0, 0.05) is 13.1 Å². The molecule has 1 unspecified atom stereocenters. The Morgan fingerprint density at radius 2 is 2.21 bits per heavy atom. The van der Waals surface area contributed by atoms with Crippen molar-refractivity contribution in [2.75, 3.05) is 13.7 Å². The standard InChI is InChI=1S/C14H22N2O3/c1-3-12(17)7-8-15-14(18)16-10-11-5-4-6-13(9-11)19-2/h4-6,9,12,17H,3,7-8,10H2,1-2H3,(H2,15,16,18). The molecule has 106 valence electrons. The lowest BCUT2D eigenvalue weighted by molar-refractivity contribution is 0.160. The number of urea groups is 1. The summed E-state index contributed by atoms with van der Waals surface area (Å²) in [5.41, 5.74) is 0.975. The van der Waals surface area contributed by atoms with E-state index in [0.29, 0.717) is 25.9 Å². The SMILES string of the molecule is CCC(O)CCNC(=O)NCc1cccc(OC)c1. The lowest BCUT2D eigenvalue weighted by Crippen LogP contribution is -2.36. The van der Waals surface area contributed by atoms with Crippen LogP contribution in [0.1, 0.15) is 25.3 Å². The molecule has 1 aromatic rings. The minimum atomic E-state index is -0.348. The van der Waals surface area contributed by atoms with Crippen molar-refractivity contribution in [1.29, 1.82) is 0 Å². The minimum Gasteiger partial charge on any atom is -0.497 e. The van der Waals surface area contributed by atoms with Crippen LogP contribution in [0, 0.1) is 0 Å². The summed E-state index contributed by atoms with van der Waals surface area (Å²) >= 11 is 0. The van der Waals surface area contributed by atoms with Crippen molar-refractivity contribution in [1.82, 2.24) is 10.6 Å². The number of rotatable bonds is 7. The minimum absolute atomic E-state index is 0.230. The molecule has 0 spiro atoms. The first-order valence-corrected chi connectivity index (χ1v) is 6.48. The summed E-state index contributed by atoms with van der Waals surface area (Å²) in [5, 5.41) is 14.8. The van der Waals surface area contributed by atoms with Crippen molar-refractivity contribution < 1.29 is 14.6 Å². The van der Waals surface area contributed by atoms with E-state index in [-0.39, 0.29) is 12.1 Å². The number of aliphatic hydroxyl groups excluding tert-OH is 1. The zero-order valence-electron chi connectivity index (χ0n) is 11.5. The summed E-state index contributed by atoms with van der Waals surface area (Å²) in [6, 6.07) is 7.30. The van der Waals surface area contributed by atoms with E-state index in [1.807, 2.05) is 31.2 Å². The van der Waals surface area contributed by atoms with Gasteiger partial charge in [0.15, 0.2) is 0 Å². The summed E-state index contributed by atoms with van der Waals surface area (Å²) in [6.07, 6.45) is 0.926. The van der Waals surface area contributed by atoms with Gasteiger partial charge in [-0.15, -0.1) is 0 Å². The zero-order chi connectivity index (χ0) is 14.1. The van der Waals surface area contributed by atoms with Gasteiger partial charge in [0.1, 0.15) is 5.75 Å². The van der Waals surface area contributed by atoms with Crippen molar-refractivity contribution in [3.8, 4) is 5.75 Å². The van der Waals surface area contributed by atoms with Gasteiger partial charge in [0.05, 0.1) is 13.2 Å². The largest absolute Gasteiger partial charge is 0.497 e. The maximum absolute atomic E-state index is 11.5. The Bertz CT molecular complexity index is 396. The number of carbonyl (C=O) groups is 1. The van der Waals surface area contributed by atoms with Gasteiger partial charge in [-0.1, -0.05) is 19.1 Å². The highest BCUT2D eigenvalue weighted by atomic mass is 16.5. The van der Waals surface area contributed by atoms with Crippen LogP contribution in [0.25, 0.3) is 0 Å². The van der Waals surface area contributed by atoms with E-state index in [2.05, 4.69) is 10.6 Å². The summed E-state index contributed by atoms with van der Waals surface area (Å²) in [4.78, 5) is 11.5. The number of nitrogens with one attached hydrogen (secondary N) is 2. The number of aliphatic hydroxyl groups is 1. The van der Waals surface area contributed by atoms with Gasteiger partial charge in [0.2, 0.25) is 0 Å². The van der Waals surface area contributed by atoms with Gasteiger partial charge in [-0.3, -0.25) is 0 Å². The topological polar surface area (TPSA) is 70.6 Å². The van der Waals surface area contributed by atoms with Crippen LogP contribution < -0.4 is 15.4 Å². The summed E-state index contributed by atoms with van der Waals surface area (Å²) < 4.78 is 5.11. The third kappa shape index (κ3) is 6.10. The molecule has 1 aromatic carbocycles. The number of hydrogen-bond acceptors (Lipinski definition) is 3. The van der Waals surface area contributed by atoms with Crippen LogP contribution in [-0.2, 0) is 6.54 Å². The average molecular weight is 266 g/mol. The molecule has 0 aromatic heterocycles. The molecule has 0 aliphatic rings. The molecule has 0 fully saturated rings. The third-order valence-electron chi connectivity index (χ3n) is 2.82. The molecule has 0 radical (unpaired) electrons. The van der Waals surface area contributed by atoms with Crippen molar-refractivity contribution in [2.45, 2.75) is 32.4 Å². The van der Waals surface area contributed by atoms with Gasteiger partial charge in [0.25, 0.3) is 0 Å². The lowest BCUT2D eigenvalue weighted by atomic mass is 10.2. The Kier molecular flexibility index (Phi) is 6.74. The van der Waals surface area contributed by atoms with Crippen LogP contribution in [0.4, 0.5) is 4.79 Å². The predicted octanol–water partition coefficient (Wildman–Crippen LogP) is 1.66. The smallest absolute Gasteiger partial charge is 0.315 e. The van der Waals surface area contributed by atoms with Crippen LogP contribution >= 0.6 is 0 Å². The highest BCUT2D eigenvalue weighted by molar-refractivity contribution is 5.73. The highest BCUT2D eigenvalue weighted by Gasteiger charge is 2.03. The monoisotopic (exact) mass is 266 g/mol. The van der Waals surface area contributed by atoms with E-state index < -0.39 is 0 Å². The number of carbonyl (C=O) groups excluding carboxylic acids is 1. The van der Waals surface area contributed by atoms with E-state index in [0.717, 1.165) is 11.3 Å². The lowest BCUT2D eigenvalue weighted by Gasteiger charge is -2.10. The van der Waals surface area contributed by atoms with Gasteiger partial charge in [-0.25, -0.2) is 4.79 Å². The Hall–Kier alpha value is -1.75. The molecule has 0 saturated carbocycles. The Balaban J connectivity index is 2.25. The first kappa shape index (κ1) is 15.3. The van der Waals surface area contributed by atoms with Crippen molar-refractivity contribution >= 4 is 6.03 Å². The Morgan fingerprint density at radius 1 is 1.42 bits per heavy atom. The number of hydrogen-bond donors (Lipinski definition) is 3. The Morgan fingerprint density at radius 3 is 2.89 bits per heavy atom. The van der Waals surface area contributed by atoms with Crippen LogP contribution in [-0.4, -0.2) is 30.9 Å². The number of ether oxygens (including phenoxy) is 1. The van der Waals surface area contributed by atoms with Gasteiger partial charge in [-0.2, -0.15) is 0 Å². The maximum Gasteiger partial charge on any atom is 0.315 e. The van der Waals surface area contributed by atoms with Gasteiger partial charge in [-0.05, 0) is 30.5 Å². The van der Waals surface area contributed by atoms with Crippen LogP contribution in [0.3, 0.4) is 0 Å². The van der Waals surface area contributed by atoms with Crippen LogP contribution in [0.15, 0.2) is 24.3 Å². The molecule has 19 heavy (non-hydrogen) atoms. The zero-order valence-corrected chi connectivity index (χ0v) is 11.5. The quantitative estimate of drug-likeness (QED) is 0.703. The van der Waals surface area contributed by atoms with E-state index in [9.17, 15) is 9.90 Å². The van der Waals surface area contributed by atoms with Crippen LogP contribution in [0.2, 0.25) is 0 Å². The Labute approximate surface area is 114 Å². The fraction of sp³-hybridized carbons (Fsp3) is 0.500. The van der Waals surface area contributed by atoms with Gasteiger partial charge < -0.3 is 20.5 Å². The molecule has 2 amide bonds. The highest BCUT2D eigenvalue weighted by Crippen LogP contribution is 2.11. The molecule has 3 N–H and O–H groups in total. The third-order valence-corrected chi connectivity index (χ3v) is 2.82. The summed E-state index contributed by atoms with van der Waals surface area (Å²) in [5.74, 6) is 0.769. The predicted molar refractivity (Wildman–Crippen MR) is 74.1 cm³/mol. The second-order valence-corrected chi connectivity index (χ2v) is 4.31. The molecule has 5 nitrogen and oxygen atoms in total. The van der Waals surface area contributed by atoms with Crippen molar-refractivity contribution in [3.05, 3.63) is 29.8 Å². The van der Waals surface area contributed by atoms with Gasteiger partial charge >= 0.3 is 6.03 Å². The molecule has 0 bridgehead atoms. The first-order chi connectivity index (χ1) is 9.15. The number of benzene rings is 1. The molecule has 0 aliphatic carbocycles. The molecule has 5 heteroatoms. The fourth-order valence-corrected chi connectivity index (χ4v) is 1.58. The maximum atomic E-state index is 11.5. The summed E-state index contributed by atoms with van der Waals surface area (Å²) in [7, 11) is 1.61. The van der Waals surface area contributed by atoms with Crippen molar-refractivity contribution in [3.63, 3.8) is 0 Å². The first-order valence-electron chi connectivity index (χ1n) is 6.48.